The van der Waals surface area contributed by atoms with Gasteiger partial charge in [-0.25, -0.2) is 0 Å². The van der Waals surface area contributed by atoms with E-state index in [-0.39, 0.29) is 5.78 Å². The molecule has 0 aliphatic carbocycles. The third kappa shape index (κ3) is 8.03. The van der Waals surface area contributed by atoms with Gasteiger partial charge in [-0.15, -0.1) is 0 Å². The Bertz CT molecular complexity index is 622. The second kappa shape index (κ2) is 12.5. The first-order valence-electron chi connectivity index (χ1n) is 10.1. The van der Waals surface area contributed by atoms with E-state index < -0.39 is 16.9 Å². The molecule has 0 aliphatic rings. The lowest BCUT2D eigenvalue weighted by atomic mass is 10.0. The Kier molecular flexibility index (Phi) is 10.7. The molecule has 0 radical (unpaired) electrons. The van der Waals surface area contributed by atoms with Crippen molar-refractivity contribution in [2.45, 2.75) is 90.9 Å². The molecule has 0 heterocycles. The summed E-state index contributed by atoms with van der Waals surface area (Å²) < 4.78 is 0. The molecule has 0 aromatic heterocycles. The maximum atomic E-state index is 12.3. The molecule has 0 bridgehead atoms. The van der Waals surface area contributed by atoms with Gasteiger partial charge in [0.05, 0.1) is 0 Å². The minimum atomic E-state index is -0.707. The minimum absolute atomic E-state index is 0.0938. The summed E-state index contributed by atoms with van der Waals surface area (Å²) in [5.41, 5.74) is 0.124. The van der Waals surface area contributed by atoms with Gasteiger partial charge in [-0.05, 0) is 31.0 Å². The van der Waals surface area contributed by atoms with Gasteiger partial charge in [0.1, 0.15) is 0 Å². The summed E-state index contributed by atoms with van der Waals surface area (Å²) >= 11 is 0. The first-order chi connectivity index (χ1) is 12.5. The van der Waals surface area contributed by atoms with Crippen molar-refractivity contribution in [3.63, 3.8) is 0 Å². The summed E-state index contributed by atoms with van der Waals surface area (Å²) in [6.07, 6.45) is 13.8. The van der Waals surface area contributed by atoms with Crippen LogP contribution in [0.4, 0.5) is 0 Å². The molecule has 0 spiro atoms. The Morgan fingerprint density at radius 2 is 1.35 bits per heavy atom. The van der Waals surface area contributed by atoms with Crippen molar-refractivity contribution in [3.05, 3.63) is 33.5 Å². The Morgan fingerprint density at radius 3 is 1.88 bits per heavy atom. The number of hydrogen-bond donors (Lipinski definition) is 2. The normalized spacial score (nSPS) is 10.8. The zero-order valence-electron chi connectivity index (χ0n) is 16.4. The smallest absolute Gasteiger partial charge is 0.224 e. The van der Waals surface area contributed by atoms with E-state index in [0.717, 1.165) is 19.3 Å². The summed E-state index contributed by atoms with van der Waals surface area (Å²) in [7, 11) is 0. The van der Waals surface area contributed by atoms with Crippen LogP contribution in [-0.2, 0) is 0 Å². The van der Waals surface area contributed by atoms with Crippen LogP contribution < -0.4 is 5.43 Å². The van der Waals surface area contributed by atoms with Crippen LogP contribution in [0.25, 0.3) is 0 Å². The Balaban J connectivity index is 2.27. The largest absolute Gasteiger partial charge is 0.504 e. The van der Waals surface area contributed by atoms with Crippen LogP contribution in [0.5, 0.6) is 11.5 Å². The van der Waals surface area contributed by atoms with Crippen LogP contribution in [0.15, 0.2) is 16.9 Å². The average molecular weight is 363 g/mol. The number of aromatic hydroxyl groups is 2. The van der Waals surface area contributed by atoms with Crippen molar-refractivity contribution in [3.8, 4) is 11.5 Å². The van der Waals surface area contributed by atoms with Crippen molar-refractivity contribution in [1.82, 2.24) is 0 Å². The molecule has 4 nitrogen and oxygen atoms in total. The summed E-state index contributed by atoms with van der Waals surface area (Å²) in [6.45, 7) is 3.88. The van der Waals surface area contributed by atoms with Gasteiger partial charge < -0.3 is 10.2 Å². The molecule has 2 N–H and O–H groups in total. The van der Waals surface area contributed by atoms with Gasteiger partial charge in [0, 0.05) is 12.0 Å². The van der Waals surface area contributed by atoms with Gasteiger partial charge in [0.2, 0.25) is 11.2 Å². The van der Waals surface area contributed by atoms with Crippen LogP contribution in [-0.4, -0.2) is 16.0 Å². The van der Waals surface area contributed by atoms with Crippen LogP contribution >= 0.6 is 0 Å². The van der Waals surface area contributed by atoms with Gasteiger partial charge >= 0.3 is 0 Å². The lowest BCUT2D eigenvalue weighted by Gasteiger charge is -2.04. The monoisotopic (exact) mass is 362 g/mol. The standard InChI is InChI=1S/C22H34O4/c1-3-4-5-6-7-8-9-10-11-12-13-14-19(23)18-16-21(25)22(26)20(24)15-17(18)2/h15-16H,3-14H2,1-2H3,(H2,24,25,26). The lowest BCUT2D eigenvalue weighted by Crippen LogP contribution is -2.01. The fraction of sp³-hybridized carbons (Fsp3) is 0.636. The van der Waals surface area contributed by atoms with E-state index in [4.69, 9.17) is 0 Å². The number of aryl methyl sites for hydroxylation is 1. The number of Topliss-reactive ketones (excluding diaryl/α,β-unsaturated/α-hetero) is 1. The molecule has 0 saturated heterocycles. The van der Waals surface area contributed by atoms with Gasteiger partial charge in [-0.1, -0.05) is 71.1 Å². The lowest BCUT2D eigenvalue weighted by molar-refractivity contribution is 0.0978. The first-order valence-corrected chi connectivity index (χ1v) is 10.1. The topological polar surface area (TPSA) is 74.6 Å². The van der Waals surface area contributed by atoms with E-state index in [9.17, 15) is 19.8 Å². The molecule has 1 aromatic rings. The molecule has 0 saturated carbocycles. The maximum Gasteiger partial charge on any atom is 0.224 e. The highest BCUT2D eigenvalue weighted by atomic mass is 16.3. The second-order valence-corrected chi connectivity index (χ2v) is 7.19. The summed E-state index contributed by atoms with van der Waals surface area (Å²) in [5.74, 6) is -1.34. The van der Waals surface area contributed by atoms with E-state index in [1.54, 1.807) is 6.92 Å². The molecule has 0 amide bonds. The fourth-order valence-electron chi connectivity index (χ4n) is 3.17. The van der Waals surface area contributed by atoms with Crippen molar-refractivity contribution >= 4 is 5.78 Å². The SMILES string of the molecule is CCCCCCCCCCCCCC(=O)c1cc(O)c(O)c(=O)cc1C. The van der Waals surface area contributed by atoms with E-state index >= 15 is 0 Å². The van der Waals surface area contributed by atoms with Crippen molar-refractivity contribution < 1.29 is 15.0 Å². The Morgan fingerprint density at radius 1 is 0.846 bits per heavy atom. The zero-order chi connectivity index (χ0) is 19.4. The molecule has 26 heavy (non-hydrogen) atoms. The predicted octanol–water partition coefficient (Wildman–Crippen LogP) is 5.65. The summed E-state index contributed by atoms with van der Waals surface area (Å²) in [4.78, 5) is 23.9. The highest BCUT2D eigenvalue weighted by Gasteiger charge is 2.12. The fourth-order valence-corrected chi connectivity index (χ4v) is 3.17. The number of rotatable bonds is 13. The molecule has 146 valence electrons. The van der Waals surface area contributed by atoms with Gasteiger partial charge in [0.15, 0.2) is 11.5 Å². The third-order valence-corrected chi connectivity index (χ3v) is 4.84. The van der Waals surface area contributed by atoms with E-state index in [1.807, 2.05) is 0 Å². The number of ketones is 1. The predicted molar refractivity (Wildman–Crippen MR) is 106 cm³/mol. The van der Waals surface area contributed by atoms with Crippen LogP contribution in [0.1, 0.15) is 99.9 Å². The molecule has 0 unspecified atom stereocenters. The third-order valence-electron chi connectivity index (χ3n) is 4.84. The molecular weight excluding hydrogens is 328 g/mol. The molecule has 1 rings (SSSR count). The van der Waals surface area contributed by atoms with Crippen LogP contribution in [0.3, 0.4) is 0 Å². The zero-order valence-corrected chi connectivity index (χ0v) is 16.4. The van der Waals surface area contributed by atoms with Crippen molar-refractivity contribution in [2.75, 3.05) is 0 Å². The van der Waals surface area contributed by atoms with Gasteiger partial charge in [0.25, 0.3) is 0 Å². The maximum absolute atomic E-state index is 12.3. The van der Waals surface area contributed by atoms with Gasteiger partial charge in [-0.2, -0.15) is 0 Å². The Labute approximate surface area is 157 Å². The van der Waals surface area contributed by atoms with E-state index in [0.29, 0.717) is 17.5 Å². The second-order valence-electron chi connectivity index (χ2n) is 7.19. The Hall–Kier alpha value is -1.84. The molecular formula is C22H34O4. The summed E-state index contributed by atoms with van der Waals surface area (Å²) in [5, 5.41) is 19.2. The van der Waals surface area contributed by atoms with E-state index in [1.165, 1.54) is 63.5 Å². The first kappa shape index (κ1) is 22.2. The highest BCUT2D eigenvalue weighted by Crippen LogP contribution is 2.23. The number of unbranched alkanes of at least 4 members (excludes halogenated alkanes) is 10. The quantitative estimate of drug-likeness (QED) is 0.351. The molecule has 0 fully saturated rings. The molecule has 1 aromatic carbocycles. The minimum Gasteiger partial charge on any atom is -0.504 e. The molecule has 4 heteroatoms. The number of carbonyl (C=O) groups is 1. The molecule has 0 aliphatic heterocycles. The average Bonchev–Trinajstić information content (AvgIpc) is 2.71. The van der Waals surface area contributed by atoms with Gasteiger partial charge in [-0.3, -0.25) is 9.59 Å². The van der Waals surface area contributed by atoms with Crippen molar-refractivity contribution in [1.29, 1.82) is 0 Å². The highest BCUT2D eigenvalue weighted by molar-refractivity contribution is 5.97. The van der Waals surface area contributed by atoms with Crippen LogP contribution in [0, 0.1) is 6.92 Å². The van der Waals surface area contributed by atoms with E-state index in [2.05, 4.69) is 6.92 Å². The van der Waals surface area contributed by atoms with Crippen molar-refractivity contribution in [2.24, 2.45) is 0 Å². The molecule has 0 atom stereocenters. The number of carbonyl (C=O) groups excluding carboxylic acids is 1. The summed E-state index contributed by atoms with van der Waals surface area (Å²) in [6, 6.07) is 2.40. The number of hydrogen-bond acceptors (Lipinski definition) is 4. The van der Waals surface area contributed by atoms with Crippen LogP contribution in [0.2, 0.25) is 0 Å².